The van der Waals surface area contributed by atoms with Gasteiger partial charge in [-0.1, -0.05) is 18.2 Å². The minimum atomic E-state index is -4.72. The number of hydrogen-bond acceptors (Lipinski definition) is 5. The van der Waals surface area contributed by atoms with Crippen LogP contribution in [0.15, 0.2) is 60.0 Å². The summed E-state index contributed by atoms with van der Waals surface area (Å²) in [5, 5.41) is 16.2. The molecule has 2 aromatic rings. The van der Waals surface area contributed by atoms with Crippen LogP contribution in [0.5, 0.6) is 0 Å². The predicted octanol–water partition coefficient (Wildman–Crippen LogP) is 4.26. The molecule has 2 rings (SSSR count). The maximum absolute atomic E-state index is 12.8. The molecule has 0 spiro atoms. The normalized spacial score (nSPS) is 10.9. The van der Waals surface area contributed by atoms with Gasteiger partial charge in [-0.15, -0.1) is 18.3 Å². The van der Waals surface area contributed by atoms with Crippen LogP contribution in [0.25, 0.3) is 0 Å². The van der Waals surface area contributed by atoms with Crippen molar-refractivity contribution in [1.82, 2.24) is 5.32 Å². The average Bonchev–Trinajstić information content (AvgIpc) is 2.70. The Hall–Kier alpha value is -3.34. The number of benzene rings is 2. The molecule has 0 atom stereocenters. The highest BCUT2D eigenvalue weighted by Crippen LogP contribution is 2.36. The average molecular weight is 439 g/mol. The second kappa shape index (κ2) is 9.92. The molecule has 0 aromatic heterocycles. The third kappa shape index (κ3) is 6.08. The van der Waals surface area contributed by atoms with E-state index in [4.69, 9.17) is 0 Å². The van der Waals surface area contributed by atoms with Gasteiger partial charge in [-0.2, -0.15) is 13.2 Å². The van der Waals surface area contributed by atoms with Gasteiger partial charge in [-0.3, -0.25) is 19.7 Å². The van der Waals surface area contributed by atoms with Crippen molar-refractivity contribution < 1.29 is 27.7 Å². The first-order chi connectivity index (χ1) is 14.1. The molecule has 158 valence electrons. The van der Waals surface area contributed by atoms with Gasteiger partial charge in [0.1, 0.15) is 0 Å². The van der Waals surface area contributed by atoms with Gasteiger partial charge in [0.15, 0.2) is 0 Å². The highest BCUT2D eigenvalue weighted by atomic mass is 32.2. The molecule has 30 heavy (non-hydrogen) atoms. The molecule has 0 unspecified atom stereocenters. The first kappa shape index (κ1) is 22.9. The summed E-state index contributed by atoms with van der Waals surface area (Å²) >= 11 is 0.715. The number of amides is 2. The van der Waals surface area contributed by atoms with Crippen molar-refractivity contribution >= 4 is 35.0 Å². The van der Waals surface area contributed by atoms with E-state index in [-0.39, 0.29) is 28.4 Å². The van der Waals surface area contributed by atoms with Crippen LogP contribution in [0.2, 0.25) is 0 Å². The SMILES string of the molecule is C=CCNC(=O)c1ccccc1NC(=O)CSc1ccc(C(F)(F)F)cc1[N+](=O)[O-]. The van der Waals surface area contributed by atoms with Gasteiger partial charge in [-0.25, -0.2) is 0 Å². The van der Waals surface area contributed by atoms with Crippen LogP contribution < -0.4 is 10.6 Å². The molecule has 2 aromatic carbocycles. The van der Waals surface area contributed by atoms with E-state index in [1.165, 1.54) is 18.2 Å². The van der Waals surface area contributed by atoms with Crippen LogP contribution in [-0.4, -0.2) is 29.0 Å². The lowest BCUT2D eigenvalue weighted by Crippen LogP contribution is -2.25. The molecule has 7 nitrogen and oxygen atoms in total. The van der Waals surface area contributed by atoms with Crippen LogP contribution in [-0.2, 0) is 11.0 Å². The zero-order chi connectivity index (χ0) is 22.3. The monoisotopic (exact) mass is 439 g/mol. The maximum Gasteiger partial charge on any atom is 0.416 e. The number of thioether (sulfide) groups is 1. The van der Waals surface area contributed by atoms with Crippen LogP contribution in [0, 0.1) is 10.1 Å². The fourth-order valence-electron chi connectivity index (χ4n) is 2.34. The minimum Gasteiger partial charge on any atom is -0.349 e. The number of halogens is 3. The molecule has 0 bridgehead atoms. The number of carbonyl (C=O) groups is 2. The van der Waals surface area contributed by atoms with Gasteiger partial charge >= 0.3 is 6.18 Å². The molecular formula is C19H16F3N3O4S. The quantitative estimate of drug-likeness (QED) is 0.277. The number of nitro groups is 1. The van der Waals surface area contributed by atoms with Crippen LogP contribution >= 0.6 is 11.8 Å². The second-order valence-electron chi connectivity index (χ2n) is 5.82. The van der Waals surface area contributed by atoms with Crippen molar-refractivity contribution in [2.45, 2.75) is 11.1 Å². The van der Waals surface area contributed by atoms with Crippen molar-refractivity contribution in [3.63, 3.8) is 0 Å². The summed E-state index contributed by atoms with van der Waals surface area (Å²) in [7, 11) is 0. The fraction of sp³-hybridized carbons (Fsp3) is 0.158. The molecule has 0 heterocycles. The zero-order valence-electron chi connectivity index (χ0n) is 15.4. The Morgan fingerprint density at radius 3 is 2.53 bits per heavy atom. The number of alkyl halides is 3. The van der Waals surface area contributed by atoms with Crippen molar-refractivity contribution in [1.29, 1.82) is 0 Å². The number of carbonyl (C=O) groups excluding carboxylic acids is 2. The van der Waals surface area contributed by atoms with Gasteiger partial charge in [0.25, 0.3) is 11.6 Å². The van der Waals surface area contributed by atoms with Gasteiger partial charge in [0.2, 0.25) is 5.91 Å². The second-order valence-corrected chi connectivity index (χ2v) is 6.84. The Kier molecular flexibility index (Phi) is 7.59. The Morgan fingerprint density at radius 1 is 1.20 bits per heavy atom. The number of anilines is 1. The summed E-state index contributed by atoms with van der Waals surface area (Å²) < 4.78 is 38.3. The fourth-order valence-corrected chi connectivity index (χ4v) is 3.14. The smallest absolute Gasteiger partial charge is 0.349 e. The van der Waals surface area contributed by atoms with E-state index < -0.39 is 34.2 Å². The third-order valence-electron chi connectivity index (χ3n) is 3.69. The van der Waals surface area contributed by atoms with E-state index in [2.05, 4.69) is 17.2 Å². The van der Waals surface area contributed by atoms with Crippen molar-refractivity contribution in [2.24, 2.45) is 0 Å². The molecule has 0 saturated heterocycles. The summed E-state index contributed by atoms with van der Waals surface area (Å²) in [5.41, 5.74) is -1.46. The number of hydrogen-bond donors (Lipinski definition) is 2. The summed E-state index contributed by atoms with van der Waals surface area (Å²) in [6.45, 7) is 3.72. The lowest BCUT2D eigenvalue weighted by molar-refractivity contribution is -0.388. The number of rotatable bonds is 8. The number of nitrogens with one attached hydrogen (secondary N) is 2. The molecule has 0 saturated carbocycles. The van der Waals surface area contributed by atoms with Crippen LogP contribution in [0.3, 0.4) is 0 Å². The molecule has 2 amide bonds. The molecule has 0 aliphatic rings. The number of nitrogens with zero attached hydrogens (tertiary/aromatic N) is 1. The number of nitro benzene ring substituents is 1. The van der Waals surface area contributed by atoms with Crippen molar-refractivity contribution in [3.8, 4) is 0 Å². The molecule has 0 aliphatic heterocycles. The van der Waals surface area contributed by atoms with E-state index in [9.17, 15) is 32.9 Å². The largest absolute Gasteiger partial charge is 0.416 e. The Bertz CT molecular complexity index is 980. The molecule has 11 heteroatoms. The van der Waals surface area contributed by atoms with Crippen LogP contribution in [0.4, 0.5) is 24.5 Å². The van der Waals surface area contributed by atoms with E-state index in [1.54, 1.807) is 12.1 Å². The van der Waals surface area contributed by atoms with Crippen molar-refractivity contribution in [3.05, 3.63) is 76.4 Å². The molecule has 0 radical (unpaired) electrons. The first-order valence-corrected chi connectivity index (χ1v) is 9.38. The third-order valence-corrected chi connectivity index (χ3v) is 4.76. The molecule has 2 N–H and O–H groups in total. The lowest BCUT2D eigenvalue weighted by atomic mass is 10.1. The van der Waals surface area contributed by atoms with Gasteiger partial charge in [0.05, 0.1) is 32.4 Å². The van der Waals surface area contributed by atoms with Gasteiger partial charge < -0.3 is 10.6 Å². The van der Waals surface area contributed by atoms with Gasteiger partial charge in [0, 0.05) is 12.6 Å². The highest BCUT2D eigenvalue weighted by Gasteiger charge is 2.33. The predicted molar refractivity (Wildman–Crippen MR) is 106 cm³/mol. The molecule has 0 aliphatic carbocycles. The lowest BCUT2D eigenvalue weighted by Gasteiger charge is -2.11. The van der Waals surface area contributed by atoms with Crippen molar-refractivity contribution in [2.75, 3.05) is 17.6 Å². The summed E-state index contributed by atoms with van der Waals surface area (Å²) in [5.74, 6) is -1.33. The van der Waals surface area contributed by atoms with E-state index in [0.29, 0.717) is 23.9 Å². The Balaban J connectivity index is 2.11. The molecule has 0 fully saturated rings. The van der Waals surface area contributed by atoms with E-state index >= 15 is 0 Å². The van der Waals surface area contributed by atoms with E-state index in [1.807, 2.05) is 0 Å². The summed E-state index contributed by atoms with van der Waals surface area (Å²) in [6.07, 6.45) is -3.23. The maximum atomic E-state index is 12.8. The molecular weight excluding hydrogens is 423 g/mol. The van der Waals surface area contributed by atoms with E-state index in [0.717, 1.165) is 6.07 Å². The topological polar surface area (TPSA) is 101 Å². The minimum absolute atomic E-state index is 0.0832. The zero-order valence-corrected chi connectivity index (χ0v) is 16.2. The highest BCUT2D eigenvalue weighted by molar-refractivity contribution is 8.00. The summed E-state index contributed by atoms with van der Waals surface area (Å²) in [4.78, 5) is 34.5. The number of para-hydroxylation sites is 1. The Morgan fingerprint density at radius 2 is 1.90 bits per heavy atom. The summed E-state index contributed by atoms with van der Waals surface area (Å²) in [6, 6.07) is 8.32. The standard InChI is InChI=1S/C19H16F3N3O4S/c1-2-9-23-18(27)13-5-3-4-6-14(13)24-17(26)11-30-16-8-7-12(19(20,21)22)10-15(16)25(28)29/h2-8,10H,1,9,11H2,(H,23,27)(H,24,26). The first-order valence-electron chi connectivity index (χ1n) is 8.40. The van der Waals surface area contributed by atoms with Crippen LogP contribution in [0.1, 0.15) is 15.9 Å². The Labute approximate surface area is 173 Å². The van der Waals surface area contributed by atoms with Gasteiger partial charge in [-0.05, 0) is 24.3 Å².